The van der Waals surface area contributed by atoms with Crippen LogP contribution < -0.4 is 0 Å². The Bertz CT molecular complexity index is 258. The van der Waals surface area contributed by atoms with Gasteiger partial charge in [-0.1, -0.05) is 6.42 Å². The van der Waals surface area contributed by atoms with Crippen molar-refractivity contribution >= 4 is 39.2 Å². The van der Waals surface area contributed by atoms with Gasteiger partial charge in [-0.05, 0) is 46.1 Å². The first-order valence-electron chi connectivity index (χ1n) is 3.97. The van der Waals surface area contributed by atoms with E-state index in [0.29, 0.717) is 5.25 Å². The van der Waals surface area contributed by atoms with Crippen molar-refractivity contribution in [2.24, 2.45) is 0 Å². The molecule has 12 heavy (non-hydrogen) atoms. The standard InChI is InChI=1S/C7H9BrN2S2/c8-7-9-6(10-12-7)5-3-1-2-4-11-5/h5H,1-4H2. The van der Waals surface area contributed by atoms with Gasteiger partial charge in [0.2, 0.25) is 0 Å². The molecular formula is C7H9BrN2S2. The quantitative estimate of drug-likeness (QED) is 0.779. The maximum absolute atomic E-state index is 4.34. The van der Waals surface area contributed by atoms with Crippen molar-refractivity contribution in [3.05, 3.63) is 9.74 Å². The van der Waals surface area contributed by atoms with Crippen LogP contribution in [0.5, 0.6) is 0 Å². The predicted molar refractivity (Wildman–Crippen MR) is 56.7 cm³/mol. The number of hydrogen-bond donors (Lipinski definition) is 0. The van der Waals surface area contributed by atoms with Crippen LogP contribution in [0.25, 0.3) is 0 Å². The SMILES string of the molecule is Brc1nc(C2CCCCS2)ns1. The molecule has 1 aliphatic rings. The largest absolute Gasteiger partial charge is 0.211 e. The highest BCUT2D eigenvalue weighted by molar-refractivity contribution is 9.11. The maximum atomic E-state index is 4.34. The Hall–Kier alpha value is 0.390. The van der Waals surface area contributed by atoms with Crippen LogP contribution in [0.15, 0.2) is 3.92 Å². The van der Waals surface area contributed by atoms with Gasteiger partial charge in [0.15, 0.2) is 9.74 Å². The van der Waals surface area contributed by atoms with Gasteiger partial charge in [0.05, 0.1) is 5.25 Å². The zero-order valence-corrected chi connectivity index (χ0v) is 9.71. The number of rotatable bonds is 1. The fraction of sp³-hybridized carbons (Fsp3) is 0.714. The summed E-state index contributed by atoms with van der Waals surface area (Å²) in [5.74, 6) is 2.29. The van der Waals surface area contributed by atoms with Crippen molar-refractivity contribution in [3.8, 4) is 0 Å². The Labute approximate surface area is 88.5 Å². The van der Waals surface area contributed by atoms with Gasteiger partial charge in [0.25, 0.3) is 0 Å². The van der Waals surface area contributed by atoms with Crippen LogP contribution in [0.4, 0.5) is 0 Å². The number of thioether (sulfide) groups is 1. The molecule has 0 spiro atoms. The lowest BCUT2D eigenvalue weighted by molar-refractivity contribution is 0.668. The van der Waals surface area contributed by atoms with E-state index in [4.69, 9.17) is 0 Å². The fourth-order valence-corrected chi connectivity index (χ4v) is 3.47. The van der Waals surface area contributed by atoms with E-state index in [9.17, 15) is 0 Å². The Kier molecular flexibility index (Phi) is 3.04. The van der Waals surface area contributed by atoms with Crippen LogP contribution in [0.2, 0.25) is 0 Å². The third-order valence-corrected chi connectivity index (χ3v) is 4.39. The molecule has 1 fully saturated rings. The minimum absolute atomic E-state index is 0.557. The smallest absolute Gasteiger partial charge is 0.179 e. The molecule has 0 bridgehead atoms. The van der Waals surface area contributed by atoms with Gasteiger partial charge in [-0.2, -0.15) is 16.1 Å². The highest BCUT2D eigenvalue weighted by atomic mass is 79.9. The van der Waals surface area contributed by atoms with E-state index >= 15 is 0 Å². The summed E-state index contributed by atoms with van der Waals surface area (Å²) in [6.07, 6.45) is 3.93. The normalized spacial score (nSPS) is 24.2. The second-order valence-electron chi connectivity index (χ2n) is 2.76. The summed E-state index contributed by atoms with van der Waals surface area (Å²) in [6.45, 7) is 0. The third kappa shape index (κ3) is 2.00. The van der Waals surface area contributed by atoms with Gasteiger partial charge < -0.3 is 0 Å². The Morgan fingerprint density at radius 2 is 2.33 bits per heavy atom. The molecule has 1 saturated heterocycles. The molecule has 2 heterocycles. The number of halogens is 1. The Morgan fingerprint density at radius 3 is 2.92 bits per heavy atom. The molecule has 1 unspecified atom stereocenters. The van der Waals surface area contributed by atoms with Crippen molar-refractivity contribution in [1.82, 2.24) is 9.36 Å². The lowest BCUT2D eigenvalue weighted by Gasteiger charge is -2.17. The molecule has 2 nitrogen and oxygen atoms in total. The molecule has 0 saturated carbocycles. The van der Waals surface area contributed by atoms with E-state index in [-0.39, 0.29) is 0 Å². The average molecular weight is 265 g/mol. The van der Waals surface area contributed by atoms with Gasteiger partial charge in [-0.15, -0.1) is 0 Å². The lowest BCUT2D eigenvalue weighted by Crippen LogP contribution is -2.03. The molecule has 1 aromatic rings. The minimum Gasteiger partial charge on any atom is -0.211 e. The van der Waals surface area contributed by atoms with E-state index in [0.717, 1.165) is 9.74 Å². The lowest BCUT2D eigenvalue weighted by atomic mass is 10.2. The summed E-state index contributed by atoms with van der Waals surface area (Å²) in [5, 5.41) is 0.557. The van der Waals surface area contributed by atoms with Crippen LogP contribution in [0.1, 0.15) is 30.3 Å². The minimum atomic E-state index is 0.557. The second kappa shape index (κ2) is 4.07. The first-order chi connectivity index (χ1) is 5.86. The first-order valence-corrected chi connectivity index (χ1v) is 6.58. The van der Waals surface area contributed by atoms with Crippen molar-refractivity contribution in [2.75, 3.05) is 5.75 Å². The highest BCUT2D eigenvalue weighted by Gasteiger charge is 2.19. The summed E-state index contributed by atoms with van der Waals surface area (Å²) in [5.41, 5.74) is 0. The zero-order chi connectivity index (χ0) is 8.39. The van der Waals surface area contributed by atoms with Crippen molar-refractivity contribution < 1.29 is 0 Å². The maximum Gasteiger partial charge on any atom is 0.179 e. The van der Waals surface area contributed by atoms with Gasteiger partial charge in [0, 0.05) is 0 Å². The van der Waals surface area contributed by atoms with Crippen molar-refractivity contribution in [2.45, 2.75) is 24.5 Å². The molecule has 2 rings (SSSR count). The van der Waals surface area contributed by atoms with E-state index in [2.05, 4.69) is 25.3 Å². The van der Waals surface area contributed by atoms with Crippen LogP contribution in [0, 0.1) is 0 Å². The molecule has 0 aliphatic carbocycles. The van der Waals surface area contributed by atoms with Gasteiger partial charge in [-0.25, -0.2) is 4.98 Å². The molecule has 0 amide bonds. The summed E-state index contributed by atoms with van der Waals surface area (Å²) in [4.78, 5) is 4.34. The van der Waals surface area contributed by atoms with Crippen LogP contribution in [-0.4, -0.2) is 15.1 Å². The van der Waals surface area contributed by atoms with E-state index < -0.39 is 0 Å². The summed E-state index contributed by atoms with van der Waals surface area (Å²) < 4.78 is 5.21. The molecule has 1 aliphatic heterocycles. The molecule has 1 aromatic heterocycles. The highest BCUT2D eigenvalue weighted by Crippen LogP contribution is 2.37. The summed E-state index contributed by atoms with van der Waals surface area (Å²) >= 11 is 6.77. The molecule has 5 heteroatoms. The van der Waals surface area contributed by atoms with Gasteiger partial charge >= 0.3 is 0 Å². The number of hydrogen-bond acceptors (Lipinski definition) is 4. The molecule has 1 atom stereocenters. The van der Waals surface area contributed by atoms with E-state index in [1.807, 2.05) is 11.8 Å². The summed E-state index contributed by atoms with van der Waals surface area (Å²) in [6, 6.07) is 0. The van der Waals surface area contributed by atoms with E-state index in [1.165, 1.54) is 36.5 Å². The van der Waals surface area contributed by atoms with Crippen LogP contribution in [-0.2, 0) is 0 Å². The molecule has 0 N–H and O–H groups in total. The third-order valence-electron chi connectivity index (χ3n) is 1.88. The van der Waals surface area contributed by atoms with Crippen LogP contribution >= 0.6 is 39.2 Å². The molecule has 0 aromatic carbocycles. The predicted octanol–water partition coefficient (Wildman–Crippen LogP) is 3.26. The second-order valence-corrected chi connectivity index (χ2v) is 6.10. The Morgan fingerprint density at radius 1 is 1.42 bits per heavy atom. The number of aromatic nitrogens is 2. The molecular weight excluding hydrogens is 256 g/mol. The number of nitrogens with zero attached hydrogens (tertiary/aromatic N) is 2. The first kappa shape index (κ1) is 8.97. The van der Waals surface area contributed by atoms with E-state index in [1.54, 1.807) is 0 Å². The monoisotopic (exact) mass is 264 g/mol. The van der Waals surface area contributed by atoms with Crippen molar-refractivity contribution in [3.63, 3.8) is 0 Å². The van der Waals surface area contributed by atoms with Gasteiger partial charge in [0.1, 0.15) is 0 Å². The zero-order valence-electron chi connectivity index (χ0n) is 6.49. The topological polar surface area (TPSA) is 25.8 Å². The van der Waals surface area contributed by atoms with Crippen LogP contribution in [0.3, 0.4) is 0 Å². The molecule has 0 radical (unpaired) electrons. The summed E-state index contributed by atoms with van der Waals surface area (Å²) in [7, 11) is 0. The molecule has 66 valence electrons. The fourth-order valence-electron chi connectivity index (χ4n) is 1.29. The Balaban J connectivity index is 2.08. The van der Waals surface area contributed by atoms with Crippen molar-refractivity contribution in [1.29, 1.82) is 0 Å². The average Bonchev–Trinajstić information content (AvgIpc) is 2.54. The van der Waals surface area contributed by atoms with Gasteiger partial charge in [-0.3, -0.25) is 0 Å².